The molecule has 1 aromatic rings. The van der Waals surface area contributed by atoms with Gasteiger partial charge in [-0.3, -0.25) is 4.79 Å². The average Bonchev–Trinajstić information content (AvgIpc) is 2.34. The summed E-state index contributed by atoms with van der Waals surface area (Å²) in [6.07, 6.45) is 1.08. The van der Waals surface area contributed by atoms with E-state index >= 15 is 0 Å². The fourth-order valence-electron chi connectivity index (χ4n) is 1.26. The van der Waals surface area contributed by atoms with Crippen molar-refractivity contribution in [1.82, 2.24) is 5.32 Å². The smallest absolute Gasteiger partial charge is 0.252 e. The Morgan fingerprint density at radius 2 is 2.18 bits per heavy atom. The zero-order valence-corrected chi connectivity index (χ0v) is 10.8. The molecule has 17 heavy (non-hydrogen) atoms. The SMILES string of the molecule is NC(CCCNC(=O)c1ccccc1Br)=NO. The van der Waals surface area contributed by atoms with Crippen LogP contribution >= 0.6 is 15.9 Å². The van der Waals surface area contributed by atoms with Crippen molar-refractivity contribution in [1.29, 1.82) is 0 Å². The highest BCUT2D eigenvalue weighted by Gasteiger charge is 2.07. The molecule has 0 fully saturated rings. The number of nitrogens with zero attached hydrogens (tertiary/aromatic N) is 1. The number of hydrogen-bond acceptors (Lipinski definition) is 3. The minimum absolute atomic E-state index is 0.142. The summed E-state index contributed by atoms with van der Waals surface area (Å²) < 4.78 is 0.758. The molecule has 0 aliphatic rings. The molecule has 92 valence electrons. The second-order valence-electron chi connectivity index (χ2n) is 3.43. The third-order valence-electron chi connectivity index (χ3n) is 2.14. The average molecular weight is 300 g/mol. The summed E-state index contributed by atoms with van der Waals surface area (Å²) in [5, 5.41) is 13.9. The van der Waals surface area contributed by atoms with Crippen LogP contribution in [0.5, 0.6) is 0 Å². The lowest BCUT2D eigenvalue weighted by atomic mass is 10.2. The van der Waals surface area contributed by atoms with Gasteiger partial charge in [0.05, 0.1) is 5.56 Å². The normalized spacial score (nSPS) is 11.2. The van der Waals surface area contributed by atoms with E-state index in [2.05, 4.69) is 26.4 Å². The van der Waals surface area contributed by atoms with Crippen LogP contribution in [-0.4, -0.2) is 23.5 Å². The Morgan fingerprint density at radius 3 is 2.82 bits per heavy atom. The lowest BCUT2D eigenvalue weighted by Crippen LogP contribution is -2.25. The van der Waals surface area contributed by atoms with Crippen LogP contribution < -0.4 is 11.1 Å². The van der Waals surface area contributed by atoms with Crippen LogP contribution in [0.2, 0.25) is 0 Å². The van der Waals surface area contributed by atoms with Crippen molar-refractivity contribution in [2.45, 2.75) is 12.8 Å². The van der Waals surface area contributed by atoms with Crippen LogP contribution in [0.3, 0.4) is 0 Å². The monoisotopic (exact) mass is 299 g/mol. The number of oxime groups is 1. The molecule has 0 aliphatic carbocycles. The number of amidine groups is 1. The first-order valence-electron chi connectivity index (χ1n) is 5.14. The number of halogens is 1. The summed E-state index contributed by atoms with van der Waals surface area (Å²) in [5.41, 5.74) is 5.90. The van der Waals surface area contributed by atoms with E-state index in [-0.39, 0.29) is 11.7 Å². The van der Waals surface area contributed by atoms with Crippen molar-refractivity contribution in [3.63, 3.8) is 0 Å². The molecule has 0 radical (unpaired) electrons. The summed E-state index contributed by atoms with van der Waals surface area (Å²) in [6, 6.07) is 7.20. The van der Waals surface area contributed by atoms with E-state index in [1.54, 1.807) is 12.1 Å². The fourth-order valence-corrected chi connectivity index (χ4v) is 1.73. The van der Waals surface area contributed by atoms with Crippen LogP contribution in [0.4, 0.5) is 0 Å². The van der Waals surface area contributed by atoms with E-state index in [9.17, 15) is 4.79 Å². The van der Waals surface area contributed by atoms with E-state index in [1.807, 2.05) is 12.1 Å². The fraction of sp³-hybridized carbons (Fsp3) is 0.273. The molecule has 0 spiro atoms. The van der Waals surface area contributed by atoms with Gasteiger partial charge in [0.1, 0.15) is 5.84 Å². The predicted octanol–water partition coefficient (Wildman–Crippen LogP) is 1.71. The third kappa shape index (κ3) is 4.44. The molecular weight excluding hydrogens is 286 g/mol. The maximum atomic E-state index is 11.7. The minimum atomic E-state index is -0.142. The molecule has 1 amide bonds. The van der Waals surface area contributed by atoms with Gasteiger partial charge in [-0.25, -0.2) is 0 Å². The first kappa shape index (κ1) is 13.5. The number of carbonyl (C=O) groups excluding carboxylic acids is 1. The molecule has 5 nitrogen and oxygen atoms in total. The van der Waals surface area contributed by atoms with Crippen LogP contribution in [0.15, 0.2) is 33.9 Å². The van der Waals surface area contributed by atoms with E-state index < -0.39 is 0 Å². The van der Waals surface area contributed by atoms with Gasteiger partial charge >= 0.3 is 0 Å². The van der Waals surface area contributed by atoms with Gasteiger partial charge in [0.2, 0.25) is 0 Å². The van der Waals surface area contributed by atoms with E-state index in [0.717, 1.165) is 4.47 Å². The molecule has 4 N–H and O–H groups in total. The van der Waals surface area contributed by atoms with Gasteiger partial charge in [0.25, 0.3) is 5.91 Å². The topological polar surface area (TPSA) is 87.7 Å². The standard InChI is InChI=1S/C11H14BrN3O2/c12-9-5-2-1-4-8(9)11(16)14-7-3-6-10(13)15-17/h1-2,4-5,17H,3,6-7H2,(H2,13,15)(H,14,16). The number of benzene rings is 1. The molecule has 1 aromatic carbocycles. The van der Waals surface area contributed by atoms with Crippen molar-refractivity contribution < 1.29 is 10.0 Å². The molecule has 0 saturated carbocycles. The van der Waals surface area contributed by atoms with Gasteiger partial charge in [-0.1, -0.05) is 17.3 Å². The maximum Gasteiger partial charge on any atom is 0.252 e. The number of nitrogens with one attached hydrogen (secondary N) is 1. The molecule has 0 atom stereocenters. The van der Waals surface area contributed by atoms with Gasteiger partial charge in [0, 0.05) is 17.4 Å². The number of carbonyl (C=O) groups is 1. The second-order valence-corrected chi connectivity index (χ2v) is 4.28. The molecule has 0 unspecified atom stereocenters. The lowest BCUT2D eigenvalue weighted by Gasteiger charge is -2.06. The Morgan fingerprint density at radius 1 is 1.47 bits per heavy atom. The predicted molar refractivity (Wildman–Crippen MR) is 69.1 cm³/mol. The zero-order chi connectivity index (χ0) is 12.7. The van der Waals surface area contributed by atoms with E-state index in [0.29, 0.717) is 24.9 Å². The number of hydrogen-bond donors (Lipinski definition) is 3. The number of amides is 1. The van der Waals surface area contributed by atoms with Crippen LogP contribution in [-0.2, 0) is 0 Å². The van der Waals surface area contributed by atoms with Gasteiger partial charge in [0.15, 0.2) is 0 Å². The number of rotatable bonds is 5. The third-order valence-corrected chi connectivity index (χ3v) is 2.83. The van der Waals surface area contributed by atoms with Crippen molar-refractivity contribution >= 4 is 27.7 Å². The highest BCUT2D eigenvalue weighted by molar-refractivity contribution is 9.10. The Balaban J connectivity index is 2.38. The molecule has 1 rings (SSSR count). The zero-order valence-electron chi connectivity index (χ0n) is 9.19. The van der Waals surface area contributed by atoms with Crippen molar-refractivity contribution in [3.05, 3.63) is 34.3 Å². The Hall–Kier alpha value is -1.56. The summed E-state index contributed by atoms with van der Waals surface area (Å²) in [6.45, 7) is 0.483. The molecule has 0 heterocycles. The largest absolute Gasteiger partial charge is 0.409 e. The molecule has 0 saturated heterocycles. The molecule has 0 bridgehead atoms. The summed E-state index contributed by atoms with van der Waals surface area (Å²) in [4.78, 5) is 11.7. The van der Waals surface area contributed by atoms with Gasteiger partial charge in [-0.05, 0) is 34.5 Å². The minimum Gasteiger partial charge on any atom is -0.409 e. The van der Waals surface area contributed by atoms with Crippen LogP contribution in [0.1, 0.15) is 23.2 Å². The first-order valence-corrected chi connectivity index (χ1v) is 5.93. The van der Waals surface area contributed by atoms with Crippen molar-refractivity contribution in [2.75, 3.05) is 6.54 Å². The molecule has 6 heteroatoms. The van der Waals surface area contributed by atoms with Crippen molar-refractivity contribution in [3.8, 4) is 0 Å². The molecular formula is C11H14BrN3O2. The second kappa shape index (κ2) is 6.90. The summed E-state index contributed by atoms with van der Waals surface area (Å²) >= 11 is 3.31. The summed E-state index contributed by atoms with van der Waals surface area (Å²) in [7, 11) is 0. The highest BCUT2D eigenvalue weighted by atomic mass is 79.9. The van der Waals surface area contributed by atoms with E-state index in [1.165, 1.54) is 0 Å². The Labute approximate surface area is 108 Å². The first-order chi connectivity index (χ1) is 8.15. The van der Waals surface area contributed by atoms with Gasteiger partial charge in [-0.15, -0.1) is 0 Å². The van der Waals surface area contributed by atoms with Crippen LogP contribution in [0.25, 0.3) is 0 Å². The molecule has 0 aliphatic heterocycles. The maximum absolute atomic E-state index is 11.7. The molecule has 0 aromatic heterocycles. The highest BCUT2D eigenvalue weighted by Crippen LogP contribution is 2.15. The number of nitrogens with two attached hydrogens (primary N) is 1. The van der Waals surface area contributed by atoms with E-state index in [4.69, 9.17) is 10.9 Å². The quantitative estimate of drug-likeness (QED) is 0.254. The lowest BCUT2D eigenvalue weighted by molar-refractivity contribution is 0.0952. The van der Waals surface area contributed by atoms with Crippen LogP contribution in [0, 0.1) is 0 Å². The van der Waals surface area contributed by atoms with Crippen molar-refractivity contribution in [2.24, 2.45) is 10.9 Å². The Bertz CT molecular complexity index is 421. The Kier molecular flexibility index (Phi) is 5.48. The van der Waals surface area contributed by atoms with Gasteiger partial charge < -0.3 is 16.3 Å². The summed E-state index contributed by atoms with van der Waals surface area (Å²) in [5.74, 6) is 0.0251. The van der Waals surface area contributed by atoms with Gasteiger partial charge in [-0.2, -0.15) is 0 Å².